The van der Waals surface area contributed by atoms with Crippen LogP contribution in [0.1, 0.15) is 181 Å². The molecule has 0 aromatic heterocycles. The monoisotopic (exact) mass is 720 g/mol. The molecule has 0 aromatic carbocycles. The van der Waals surface area contributed by atoms with Crippen LogP contribution in [0.2, 0.25) is 0 Å². The zero-order chi connectivity index (χ0) is 36.3. The van der Waals surface area contributed by atoms with E-state index in [0.29, 0.717) is 6.42 Å². The maximum atomic E-state index is 12.5. The molecule has 0 aliphatic heterocycles. The van der Waals surface area contributed by atoms with Crippen molar-refractivity contribution in [2.75, 3.05) is 26.4 Å². The summed E-state index contributed by atoms with van der Waals surface area (Å²) in [6.07, 6.45) is 30.6. The number of rotatable bonds is 37. The molecule has 0 fully saturated rings. The van der Waals surface area contributed by atoms with E-state index < -0.39 is 51.8 Å². The van der Waals surface area contributed by atoms with Gasteiger partial charge in [0.2, 0.25) is 0 Å². The first kappa shape index (κ1) is 47.7. The van der Waals surface area contributed by atoms with Crippen LogP contribution in [-0.2, 0) is 32.7 Å². The Morgan fingerprint density at radius 3 is 1.55 bits per heavy atom. The van der Waals surface area contributed by atoms with Crippen LogP contribution in [0.25, 0.3) is 0 Å². The van der Waals surface area contributed by atoms with E-state index in [1.807, 2.05) is 6.08 Å². The Kier molecular flexibility index (Phi) is 34.2. The lowest BCUT2D eigenvalue weighted by Gasteiger charge is -2.20. The Hall–Kier alpha value is -1.29. The number of aliphatic hydroxyl groups excluding tert-OH is 2. The number of carbonyl (C=O) groups excluding carboxylic acids is 2. The van der Waals surface area contributed by atoms with Gasteiger partial charge in [0.25, 0.3) is 0 Å². The summed E-state index contributed by atoms with van der Waals surface area (Å²) in [6, 6.07) is 0. The molecule has 49 heavy (non-hydrogen) atoms. The van der Waals surface area contributed by atoms with E-state index in [1.54, 1.807) is 6.08 Å². The minimum Gasteiger partial charge on any atom is -0.462 e. The Bertz CT molecular complexity index is 837. The van der Waals surface area contributed by atoms with Gasteiger partial charge in [0.1, 0.15) is 12.7 Å². The van der Waals surface area contributed by atoms with Crippen molar-refractivity contribution < 1.29 is 47.8 Å². The first-order valence-electron chi connectivity index (χ1n) is 19.6. The molecule has 11 heteroatoms. The van der Waals surface area contributed by atoms with E-state index in [2.05, 4.69) is 18.4 Å². The molecule has 1 unspecified atom stereocenters. The Morgan fingerprint density at radius 2 is 1.06 bits per heavy atom. The number of unbranched alkanes of at least 4 members (excludes halogenated alkanes) is 22. The molecule has 3 atom stereocenters. The van der Waals surface area contributed by atoms with Crippen molar-refractivity contribution in [3.63, 3.8) is 0 Å². The van der Waals surface area contributed by atoms with Gasteiger partial charge in [-0.05, 0) is 19.3 Å². The summed E-state index contributed by atoms with van der Waals surface area (Å²) in [4.78, 5) is 34.8. The highest BCUT2D eigenvalue weighted by Crippen LogP contribution is 2.43. The van der Waals surface area contributed by atoms with Crippen molar-refractivity contribution >= 4 is 19.8 Å². The fourth-order valence-corrected chi connectivity index (χ4v) is 6.18. The van der Waals surface area contributed by atoms with Crippen LogP contribution in [0.15, 0.2) is 12.2 Å². The number of hydrogen-bond acceptors (Lipinski definition) is 9. The van der Waals surface area contributed by atoms with Crippen LogP contribution < -0.4 is 0 Å². The Morgan fingerprint density at radius 1 is 0.612 bits per heavy atom. The first-order chi connectivity index (χ1) is 23.7. The van der Waals surface area contributed by atoms with Crippen molar-refractivity contribution in [3.8, 4) is 0 Å². The van der Waals surface area contributed by atoms with Crippen LogP contribution in [0, 0.1) is 0 Å². The highest BCUT2D eigenvalue weighted by atomic mass is 31.2. The lowest BCUT2D eigenvalue weighted by atomic mass is 10.0. The predicted molar refractivity (Wildman–Crippen MR) is 196 cm³/mol. The number of phosphoric acid groups is 1. The molecule has 0 saturated heterocycles. The maximum absolute atomic E-state index is 12.5. The average molecular weight is 721 g/mol. The summed E-state index contributed by atoms with van der Waals surface area (Å²) in [5.41, 5.74) is 0. The van der Waals surface area contributed by atoms with Crippen LogP contribution in [0.3, 0.4) is 0 Å². The number of ether oxygens (including phenoxy) is 2. The van der Waals surface area contributed by atoms with Crippen molar-refractivity contribution in [3.05, 3.63) is 12.2 Å². The van der Waals surface area contributed by atoms with Gasteiger partial charge in [-0.2, -0.15) is 0 Å². The molecule has 0 bridgehead atoms. The topological polar surface area (TPSA) is 149 Å². The Labute approximate surface area is 298 Å². The van der Waals surface area contributed by atoms with E-state index in [1.165, 1.54) is 109 Å². The molecule has 3 N–H and O–H groups in total. The third-order valence-electron chi connectivity index (χ3n) is 8.45. The zero-order valence-electron chi connectivity index (χ0n) is 31.2. The van der Waals surface area contributed by atoms with Gasteiger partial charge in [-0.3, -0.25) is 18.6 Å². The average Bonchev–Trinajstić information content (AvgIpc) is 3.09. The van der Waals surface area contributed by atoms with E-state index in [-0.39, 0.29) is 19.4 Å². The summed E-state index contributed by atoms with van der Waals surface area (Å²) in [6.45, 7) is 2.32. The van der Waals surface area contributed by atoms with Gasteiger partial charge in [0.15, 0.2) is 6.10 Å². The fraction of sp³-hybridized carbons (Fsp3) is 0.895. The van der Waals surface area contributed by atoms with Gasteiger partial charge in [0, 0.05) is 6.42 Å². The molecule has 290 valence electrons. The zero-order valence-corrected chi connectivity index (χ0v) is 32.1. The van der Waals surface area contributed by atoms with E-state index in [9.17, 15) is 24.2 Å². The number of esters is 2. The van der Waals surface area contributed by atoms with E-state index in [0.717, 1.165) is 38.5 Å². The standard InChI is InChI=1S/C38H73O10P/c1-3-5-7-9-11-13-15-17-19-21-23-25-27-29-37(41)45-33-36(34-47-49(43,44)46-32-35(40)31-39)48-38(42)30-28-26-24-22-20-18-16-14-12-10-8-6-4-2/h26,28,35-36,39-40H,3-25,27,29-34H2,1-2H3,(H,43,44)/b28-26+/t35-,36+/m0/s1. The summed E-state index contributed by atoms with van der Waals surface area (Å²) in [5, 5.41) is 18.3. The second kappa shape index (κ2) is 35.1. The summed E-state index contributed by atoms with van der Waals surface area (Å²) >= 11 is 0. The van der Waals surface area contributed by atoms with Gasteiger partial charge in [0.05, 0.1) is 26.2 Å². The summed E-state index contributed by atoms with van der Waals surface area (Å²) in [5.74, 6) is -1.01. The number of allylic oxidation sites excluding steroid dienone is 1. The third kappa shape index (κ3) is 34.9. The largest absolute Gasteiger partial charge is 0.472 e. The van der Waals surface area contributed by atoms with Crippen LogP contribution in [0.4, 0.5) is 0 Å². The molecule has 0 heterocycles. The Balaban J connectivity index is 4.39. The van der Waals surface area contributed by atoms with Crippen molar-refractivity contribution in [1.29, 1.82) is 0 Å². The molecule has 0 aliphatic rings. The van der Waals surface area contributed by atoms with E-state index >= 15 is 0 Å². The molecule has 0 rings (SSSR count). The van der Waals surface area contributed by atoms with Gasteiger partial charge in [-0.25, -0.2) is 4.57 Å². The van der Waals surface area contributed by atoms with Crippen LogP contribution in [0.5, 0.6) is 0 Å². The van der Waals surface area contributed by atoms with Gasteiger partial charge < -0.3 is 24.6 Å². The van der Waals surface area contributed by atoms with Crippen LogP contribution in [-0.4, -0.2) is 65.7 Å². The molecular weight excluding hydrogens is 647 g/mol. The normalized spacial score (nSPS) is 14.1. The number of phosphoric ester groups is 1. The van der Waals surface area contributed by atoms with Gasteiger partial charge in [-0.1, -0.05) is 161 Å². The molecule has 0 radical (unpaired) electrons. The third-order valence-corrected chi connectivity index (χ3v) is 9.40. The maximum Gasteiger partial charge on any atom is 0.472 e. The van der Waals surface area contributed by atoms with E-state index in [4.69, 9.17) is 19.1 Å². The molecule has 0 spiro atoms. The van der Waals surface area contributed by atoms with Crippen molar-refractivity contribution in [2.24, 2.45) is 0 Å². The predicted octanol–water partition coefficient (Wildman–Crippen LogP) is 9.67. The first-order valence-corrected chi connectivity index (χ1v) is 21.1. The fourth-order valence-electron chi connectivity index (χ4n) is 5.39. The number of aliphatic hydroxyl groups is 2. The van der Waals surface area contributed by atoms with Crippen molar-refractivity contribution in [2.45, 2.75) is 193 Å². The SMILES string of the molecule is CCCCCCCCCCCC/C=C/CC(=O)O[C@H](COC(=O)CCCCCCCCCCCCCCC)COP(=O)(O)OC[C@@H](O)CO. The number of hydrogen-bond donors (Lipinski definition) is 3. The quantitative estimate of drug-likeness (QED) is 0.0245. The van der Waals surface area contributed by atoms with Crippen molar-refractivity contribution in [1.82, 2.24) is 0 Å². The second-order valence-electron chi connectivity index (χ2n) is 13.3. The molecule has 0 saturated carbocycles. The molecule has 0 aliphatic carbocycles. The minimum absolute atomic E-state index is 0.0111. The van der Waals surface area contributed by atoms with Gasteiger partial charge in [-0.15, -0.1) is 0 Å². The highest BCUT2D eigenvalue weighted by Gasteiger charge is 2.27. The number of carbonyl (C=O) groups is 2. The smallest absolute Gasteiger partial charge is 0.462 e. The lowest BCUT2D eigenvalue weighted by molar-refractivity contribution is -0.160. The molecule has 0 amide bonds. The highest BCUT2D eigenvalue weighted by molar-refractivity contribution is 7.47. The lowest BCUT2D eigenvalue weighted by Crippen LogP contribution is -2.29. The van der Waals surface area contributed by atoms with Crippen LogP contribution >= 0.6 is 7.82 Å². The minimum atomic E-state index is -4.62. The molecule has 0 aromatic rings. The second-order valence-corrected chi connectivity index (χ2v) is 14.8. The summed E-state index contributed by atoms with van der Waals surface area (Å²) in [7, 11) is -4.62. The molecular formula is C38H73O10P. The summed E-state index contributed by atoms with van der Waals surface area (Å²) < 4.78 is 32.5. The molecule has 10 nitrogen and oxygen atoms in total. The van der Waals surface area contributed by atoms with Gasteiger partial charge >= 0.3 is 19.8 Å².